The van der Waals surface area contributed by atoms with Crippen LogP contribution in [-0.4, -0.2) is 56.3 Å². The van der Waals surface area contributed by atoms with Crippen molar-refractivity contribution in [1.82, 2.24) is 0 Å². The van der Waals surface area contributed by atoms with E-state index in [-0.39, 0.29) is 18.4 Å². The van der Waals surface area contributed by atoms with E-state index < -0.39 is 47.5 Å². The van der Waals surface area contributed by atoms with E-state index in [2.05, 4.69) is 19.9 Å². The van der Waals surface area contributed by atoms with Gasteiger partial charge in [-0.2, -0.15) is 0 Å². The molecule has 33 heavy (non-hydrogen) atoms. The summed E-state index contributed by atoms with van der Waals surface area (Å²) in [5.74, 6) is -1.62. The van der Waals surface area contributed by atoms with Gasteiger partial charge in [0.1, 0.15) is 6.61 Å². The number of hydrogen-bond acceptors (Lipinski definition) is 6. The van der Waals surface area contributed by atoms with E-state index in [0.717, 1.165) is 37.7 Å². The molecule has 0 aliphatic heterocycles. The molecule has 0 saturated heterocycles. The molecule has 4 N–H and O–H groups in total. The number of aliphatic hydroxyl groups excluding tert-OH is 1. The van der Waals surface area contributed by atoms with Gasteiger partial charge in [-0.05, 0) is 83.6 Å². The van der Waals surface area contributed by atoms with Crippen LogP contribution in [0.1, 0.15) is 86.0 Å². The van der Waals surface area contributed by atoms with E-state index in [9.17, 15) is 24.9 Å². The van der Waals surface area contributed by atoms with Gasteiger partial charge >= 0.3 is 11.9 Å². The molecule has 5 atom stereocenters. The highest BCUT2D eigenvalue weighted by Gasteiger charge is 2.52. The minimum atomic E-state index is -1.68. The summed E-state index contributed by atoms with van der Waals surface area (Å²) in [6.07, 6.45) is 7.14. The van der Waals surface area contributed by atoms with E-state index in [1.165, 1.54) is 12.5 Å². The van der Waals surface area contributed by atoms with Gasteiger partial charge in [-0.15, -0.1) is 0 Å². The van der Waals surface area contributed by atoms with E-state index in [1.54, 1.807) is 6.08 Å². The van der Waals surface area contributed by atoms with Crippen LogP contribution in [0.15, 0.2) is 23.3 Å². The third-order valence-corrected chi connectivity index (χ3v) is 7.59. The largest absolute Gasteiger partial charge is 0.481 e. The van der Waals surface area contributed by atoms with Crippen LogP contribution >= 0.6 is 0 Å². The van der Waals surface area contributed by atoms with E-state index in [4.69, 9.17) is 9.84 Å². The van der Waals surface area contributed by atoms with Crippen LogP contribution in [0.2, 0.25) is 0 Å². The zero-order valence-corrected chi connectivity index (χ0v) is 20.8. The average Bonchev–Trinajstić information content (AvgIpc) is 2.99. The Labute approximate surface area is 197 Å². The molecule has 0 amide bonds. The molecule has 0 heterocycles. The molecule has 2 aliphatic rings. The molecule has 7 heteroatoms. The second-order valence-electron chi connectivity index (χ2n) is 11.2. The molecule has 1 fully saturated rings. The van der Waals surface area contributed by atoms with Crippen molar-refractivity contribution in [3.8, 4) is 0 Å². The summed E-state index contributed by atoms with van der Waals surface area (Å²) in [6, 6.07) is 0. The predicted octanol–water partition coefficient (Wildman–Crippen LogP) is 3.76. The van der Waals surface area contributed by atoms with E-state index >= 15 is 0 Å². The number of carbonyl (C=O) groups excluding carboxylic acids is 1. The first-order chi connectivity index (χ1) is 15.1. The molecule has 0 bridgehead atoms. The van der Waals surface area contributed by atoms with Crippen LogP contribution in [0.4, 0.5) is 0 Å². The maximum atomic E-state index is 12.2. The van der Waals surface area contributed by atoms with Gasteiger partial charge in [0.15, 0.2) is 0 Å². The Bertz CT molecular complexity index is 774. The van der Waals surface area contributed by atoms with Crippen LogP contribution in [0, 0.1) is 17.3 Å². The number of rotatable bonds is 7. The summed E-state index contributed by atoms with van der Waals surface area (Å²) in [5, 5.41) is 41.1. The number of allylic oxidation sites excluding steroid dienone is 2. The van der Waals surface area contributed by atoms with E-state index in [1.807, 2.05) is 13.8 Å². The molecule has 1 unspecified atom stereocenters. The normalized spacial score (nSPS) is 34.0. The zero-order valence-electron chi connectivity index (χ0n) is 20.8. The third-order valence-electron chi connectivity index (χ3n) is 7.59. The highest BCUT2D eigenvalue weighted by Crippen LogP contribution is 2.55. The number of fused-ring (bicyclic) bond motifs is 1. The minimum Gasteiger partial charge on any atom is -0.481 e. The zero-order chi connectivity index (χ0) is 25.0. The average molecular weight is 467 g/mol. The van der Waals surface area contributed by atoms with Crippen LogP contribution in [0.3, 0.4) is 0 Å². The lowest BCUT2D eigenvalue weighted by Gasteiger charge is -2.40. The van der Waals surface area contributed by atoms with Crippen LogP contribution in [-0.2, 0) is 14.3 Å². The number of carbonyl (C=O) groups is 2. The number of hydrogen-bond donors (Lipinski definition) is 4. The second-order valence-corrected chi connectivity index (χ2v) is 11.2. The molecular weight excluding hydrogens is 424 g/mol. The first kappa shape index (κ1) is 27.5. The molecule has 1 saturated carbocycles. The lowest BCUT2D eigenvalue weighted by molar-refractivity contribution is -0.151. The molecular formula is C26H42O7. The molecule has 0 aromatic rings. The summed E-state index contributed by atoms with van der Waals surface area (Å²) in [4.78, 5) is 23.1. The molecule has 2 aliphatic carbocycles. The van der Waals surface area contributed by atoms with Gasteiger partial charge in [0, 0.05) is 5.41 Å². The number of carboxylic acid groups (broad SMARTS) is 1. The Morgan fingerprint density at radius 3 is 2.42 bits per heavy atom. The van der Waals surface area contributed by atoms with Gasteiger partial charge in [0.2, 0.25) is 0 Å². The summed E-state index contributed by atoms with van der Waals surface area (Å²) >= 11 is 0. The highest BCUT2D eigenvalue weighted by atomic mass is 16.5. The second kappa shape index (κ2) is 10.7. The number of esters is 1. The van der Waals surface area contributed by atoms with Crippen LogP contribution in [0.25, 0.3) is 0 Å². The summed E-state index contributed by atoms with van der Waals surface area (Å²) in [5.41, 5.74) is -0.825. The molecule has 0 aromatic carbocycles. The maximum Gasteiger partial charge on any atom is 0.309 e. The molecule has 0 radical (unpaired) electrons. The number of carboxylic acids is 1. The Balaban J connectivity index is 2.20. The van der Waals surface area contributed by atoms with E-state index in [0.29, 0.717) is 6.42 Å². The lowest BCUT2D eigenvalue weighted by Crippen LogP contribution is -2.42. The highest BCUT2D eigenvalue weighted by molar-refractivity contribution is 5.73. The Hall–Kier alpha value is -1.70. The molecule has 7 nitrogen and oxygen atoms in total. The van der Waals surface area contributed by atoms with Gasteiger partial charge in [0.05, 0.1) is 30.1 Å². The van der Waals surface area contributed by atoms with Crippen molar-refractivity contribution in [2.45, 2.75) is 103 Å². The van der Waals surface area contributed by atoms with Crippen molar-refractivity contribution < 1.29 is 34.8 Å². The molecule has 2 rings (SSSR count). The quantitative estimate of drug-likeness (QED) is 0.333. The topological polar surface area (TPSA) is 124 Å². The molecule has 188 valence electrons. The van der Waals surface area contributed by atoms with Gasteiger partial charge in [-0.3, -0.25) is 9.59 Å². The molecule has 0 aromatic heterocycles. The van der Waals surface area contributed by atoms with Crippen molar-refractivity contribution in [3.63, 3.8) is 0 Å². The van der Waals surface area contributed by atoms with Crippen molar-refractivity contribution in [2.24, 2.45) is 17.3 Å². The smallest absolute Gasteiger partial charge is 0.309 e. The summed E-state index contributed by atoms with van der Waals surface area (Å²) < 4.78 is 5.36. The third kappa shape index (κ3) is 7.66. The summed E-state index contributed by atoms with van der Waals surface area (Å²) in [6.45, 7) is 9.18. The first-order valence-corrected chi connectivity index (χ1v) is 12.0. The fraction of sp³-hybridized carbons (Fsp3) is 0.769. The standard InChI is InChI=1S/C26H42O7/c1-17-7-6-8-18(16-33-23(30)15-25(4,32)14-22(28)29)13-21(27)26(5)12-11-19(24(2,3)31)20(26)10-9-17/h7,13,19-21,27,31-32H,6,8-12,14-16H2,1-5H3,(H,28,29)/b17-7+,18-13+/t19-,20+,21+,25?,26+/m1/s1. The van der Waals surface area contributed by atoms with Gasteiger partial charge < -0.3 is 25.2 Å². The van der Waals surface area contributed by atoms with Gasteiger partial charge in [-0.1, -0.05) is 24.6 Å². The molecule has 0 spiro atoms. The van der Waals surface area contributed by atoms with Crippen LogP contribution < -0.4 is 0 Å². The SMILES string of the molecule is C/C1=C\CC/C(COC(=O)CC(C)(O)CC(=O)O)=C\[C@H](O)[C@@]2(C)CC[C@@H](C(C)(C)O)[C@@H]2CC1. The number of aliphatic hydroxyl groups is 3. The first-order valence-electron chi connectivity index (χ1n) is 12.0. The van der Waals surface area contributed by atoms with Gasteiger partial charge in [0.25, 0.3) is 0 Å². The van der Waals surface area contributed by atoms with Crippen molar-refractivity contribution in [2.75, 3.05) is 6.61 Å². The number of aliphatic carboxylic acids is 1. The van der Waals surface area contributed by atoms with Crippen molar-refractivity contribution in [1.29, 1.82) is 0 Å². The maximum absolute atomic E-state index is 12.2. The van der Waals surface area contributed by atoms with Crippen LogP contribution in [0.5, 0.6) is 0 Å². The number of ether oxygens (including phenoxy) is 1. The fourth-order valence-electron chi connectivity index (χ4n) is 5.59. The van der Waals surface area contributed by atoms with Crippen molar-refractivity contribution >= 4 is 11.9 Å². The summed E-state index contributed by atoms with van der Waals surface area (Å²) in [7, 11) is 0. The van der Waals surface area contributed by atoms with Gasteiger partial charge in [-0.25, -0.2) is 0 Å². The minimum absolute atomic E-state index is 0.0123. The Kier molecular flexibility index (Phi) is 8.93. The lowest BCUT2D eigenvalue weighted by atomic mass is 9.67. The Morgan fingerprint density at radius 2 is 1.82 bits per heavy atom. The van der Waals surface area contributed by atoms with Crippen molar-refractivity contribution in [3.05, 3.63) is 23.3 Å². The monoisotopic (exact) mass is 466 g/mol. The Morgan fingerprint density at radius 1 is 1.15 bits per heavy atom. The fourth-order valence-corrected chi connectivity index (χ4v) is 5.59. The predicted molar refractivity (Wildman–Crippen MR) is 125 cm³/mol.